The van der Waals surface area contributed by atoms with Crippen molar-refractivity contribution in [3.63, 3.8) is 0 Å². The predicted octanol–water partition coefficient (Wildman–Crippen LogP) is 3.32. The summed E-state index contributed by atoms with van der Waals surface area (Å²) in [7, 11) is 0. The highest BCUT2D eigenvalue weighted by molar-refractivity contribution is 6.10. The zero-order chi connectivity index (χ0) is 26.6. The van der Waals surface area contributed by atoms with Crippen LogP contribution < -0.4 is 0 Å². The lowest BCUT2D eigenvalue weighted by atomic mass is 9.84. The lowest BCUT2D eigenvalue weighted by molar-refractivity contribution is -0.153. The van der Waals surface area contributed by atoms with E-state index in [0.717, 1.165) is 36.8 Å². The fourth-order valence-corrected chi connectivity index (χ4v) is 6.99. The Bertz CT molecular complexity index is 1150. The zero-order valence-electron chi connectivity index (χ0n) is 21.9. The Balaban J connectivity index is 1.52. The van der Waals surface area contributed by atoms with Gasteiger partial charge in [0.2, 0.25) is 23.6 Å². The zero-order valence-corrected chi connectivity index (χ0v) is 21.9. The second kappa shape index (κ2) is 9.75. The Morgan fingerprint density at radius 1 is 0.526 bits per heavy atom. The van der Waals surface area contributed by atoms with Crippen LogP contribution in [0.25, 0.3) is 0 Å². The van der Waals surface area contributed by atoms with Gasteiger partial charge in [-0.2, -0.15) is 0 Å². The van der Waals surface area contributed by atoms with E-state index in [1.54, 1.807) is 0 Å². The molecule has 6 rings (SSSR count). The van der Waals surface area contributed by atoms with Crippen LogP contribution in [-0.4, -0.2) is 68.6 Å². The van der Waals surface area contributed by atoms with Gasteiger partial charge in [-0.1, -0.05) is 87.4 Å². The Hall–Kier alpha value is -3.36. The van der Waals surface area contributed by atoms with E-state index in [-0.39, 0.29) is 23.6 Å². The molecule has 2 aromatic carbocycles. The molecule has 0 aromatic heterocycles. The Morgan fingerprint density at radius 2 is 0.895 bits per heavy atom. The molecular formula is C30H34N4O4. The van der Waals surface area contributed by atoms with Gasteiger partial charge < -0.3 is 0 Å². The van der Waals surface area contributed by atoms with Crippen molar-refractivity contribution in [2.75, 3.05) is 13.1 Å². The molecule has 0 bridgehead atoms. The number of carbonyl (C=O) groups is 4. The molecule has 4 amide bonds. The molecule has 0 N–H and O–H groups in total. The van der Waals surface area contributed by atoms with Crippen molar-refractivity contribution < 1.29 is 19.2 Å². The number of hydrazine groups is 1. The number of hydrogen-bond donors (Lipinski definition) is 0. The summed E-state index contributed by atoms with van der Waals surface area (Å²) in [5, 5.41) is 3.90. The summed E-state index contributed by atoms with van der Waals surface area (Å²) < 4.78 is 0. The molecule has 4 heterocycles. The fourth-order valence-electron chi connectivity index (χ4n) is 6.99. The molecule has 198 valence electrons. The maximum atomic E-state index is 13.9. The van der Waals surface area contributed by atoms with Gasteiger partial charge in [-0.3, -0.25) is 29.0 Å². The third kappa shape index (κ3) is 3.50. The van der Waals surface area contributed by atoms with E-state index in [9.17, 15) is 19.2 Å². The monoisotopic (exact) mass is 514 g/mol. The number of likely N-dealkylation sites (tertiary alicyclic amines) is 2. The molecule has 4 fully saturated rings. The number of carbonyl (C=O) groups excluding carboxylic acids is 4. The van der Waals surface area contributed by atoms with E-state index in [1.165, 1.54) is 9.80 Å². The highest BCUT2D eigenvalue weighted by Gasteiger charge is 2.73. The van der Waals surface area contributed by atoms with E-state index in [2.05, 4.69) is 0 Å². The largest absolute Gasteiger partial charge is 0.281 e. The molecule has 0 radical (unpaired) electrons. The molecule has 8 nitrogen and oxygen atoms in total. The van der Waals surface area contributed by atoms with Crippen LogP contribution in [0.4, 0.5) is 0 Å². The number of nitrogens with zero attached hydrogens (tertiary/aromatic N) is 4. The maximum absolute atomic E-state index is 13.9. The summed E-state index contributed by atoms with van der Waals surface area (Å²) >= 11 is 0. The SMILES string of the molecule is CCCCN1C(=O)[C@@H]2[C@@H](C1=O)N1[C@@H](c3ccccc3)[C@@H]3C(=O)N(CCCC)C(=O)[C@@H]3N1[C@@H]2c1ccccc1. The van der Waals surface area contributed by atoms with E-state index in [1.807, 2.05) is 84.5 Å². The van der Waals surface area contributed by atoms with Gasteiger partial charge in [0, 0.05) is 13.1 Å². The van der Waals surface area contributed by atoms with Crippen molar-refractivity contribution >= 4 is 23.6 Å². The van der Waals surface area contributed by atoms with E-state index in [0.29, 0.717) is 13.1 Å². The number of imide groups is 2. The third-order valence-electron chi connectivity index (χ3n) is 8.66. The Kier molecular flexibility index (Phi) is 6.40. The minimum absolute atomic E-state index is 0.181. The van der Waals surface area contributed by atoms with Crippen LogP contribution >= 0.6 is 0 Å². The normalized spacial score (nSPS) is 30.9. The number of unbranched alkanes of at least 4 members (excludes halogenated alkanes) is 2. The molecule has 38 heavy (non-hydrogen) atoms. The van der Waals surface area contributed by atoms with Gasteiger partial charge in [-0.15, -0.1) is 0 Å². The van der Waals surface area contributed by atoms with Crippen LogP contribution in [-0.2, 0) is 19.2 Å². The lowest BCUT2D eigenvalue weighted by Crippen LogP contribution is -2.50. The summed E-state index contributed by atoms with van der Waals surface area (Å²) in [6.45, 7) is 4.86. The van der Waals surface area contributed by atoms with E-state index < -0.39 is 36.0 Å². The predicted molar refractivity (Wildman–Crippen MR) is 140 cm³/mol. The Morgan fingerprint density at radius 3 is 1.24 bits per heavy atom. The molecule has 0 unspecified atom stereocenters. The van der Waals surface area contributed by atoms with Gasteiger partial charge in [-0.05, 0) is 24.0 Å². The van der Waals surface area contributed by atoms with Gasteiger partial charge in [-0.25, -0.2) is 10.0 Å². The van der Waals surface area contributed by atoms with Crippen molar-refractivity contribution in [2.24, 2.45) is 11.8 Å². The van der Waals surface area contributed by atoms with E-state index >= 15 is 0 Å². The third-order valence-corrected chi connectivity index (χ3v) is 8.66. The molecule has 0 saturated carbocycles. The molecule has 4 saturated heterocycles. The average molecular weight is 515 g/mol. The average Bonchev–Trinajstić information content (AvgIpc) is 3.59. The first kappa shape index (κ1) is 24.9. The topological polar surface area (TPSA) is 81.2 Å². The second-order valence-corrected chi connectivity index (χ2v) is 10.8. The van der Waals surface area contributed by atoms with Crippen molar-refractivity contribution in [1.82, 2.24) is 19.8 Å². The van der Waals surface area contributed by atoms with Crippen LogP contribution in [0.2, 0.25) is 0 Å². The summed E-state index contributed by atoms with van der Waals surface area (Å²) in [5.74, 6) is -2.08. The van der Waals surface area contributed by atoms with Crippen LogP contribution in [0.3, 0.4) is 0 Å². The summed E-state index contributed by atoms with van der Waals surface area (Å²) in [5.41, 5.74) is 1.76. The van der Waals surface area contributed by atoms with Crippen molar-refractivity contribution in [1.29, 1.82) is 0 Å². The first-order valence-electron chi connectivity index (χ1n) is 13.9. The first-order chi connectivity index (χ1) is 18.5. The molecule has 6 atom stereocenters. The molecule has 0 aliphatic carbocycles. The van der Waals surface area contributed by atoms with Crippen molar-refractivity contribution in [2.45, 2.75) is 63.7 Å². The molecule has 2 aromatic rings. The molecule has 4 aliphatic heterocycles. The molecule has 8 heteroatoms. The molecular weight excluding hydrogens is 480 g/mol. The standard InChI is InChI=1S/C30H34N4O4/c1-3-5-17-31-27(35)21-23(19-13-9-7-10-14-19)34-26-22(28(36)32(30(26)38)18-6-4-2)24(20-15-11-8-12-16-20)33(34)25(21)29(31)37/h7-16,21-26H,3-6,17-18H2,1-2H3/t21-,22-,23-,24+,25+,26-/m0/s1. The number of fused-ring (bicyclic) bond motifs is 5. The van der Waals surface area contributed by atoms with Gasteiger partial charge >= 0.3 is 0 Å². The van der Waals surface area contributed by atoms with Crippen LogP contribution in [0.5, 0.6) is 0 Å². The van der Waals surface area contributed by atoms with E-state index in [4.69, 9.17) is 0 Å². The summed E-state index contributed by atoms with van der Waals surface area (Å²) in [6, 6.07) is 16.8. The maximum Gasteiger partial charge on any atom is 0.248 e. The highest BCUT2D eigenvalue weighted by atomic mass is 16.2. The molecule has 4 aliphatic rings. The second-order valence-electron chi connectivity index (χ2n) is 10.8. The number of rotatable bonds is 8. The number of benzene rings is 2. The van der Waals surface area contributed by atoms with Gasteiger partial charge in [0.1, 0.15) is 12.1 Å². The summed E-state index contributed by atoms with van der Waals surface area (Å²) in [6.07, 6.45) is 3.23. The van der Waals surface area contributed by atoms with Crippen LogP contribution in [0, 0.1) is 11.8 Å². The number of amides is 4. The lowest BCUT2D eigenvalue weighted by Gasteiger charge is -2.35. The smallest absolute Gasteiger partial charge is 0.248 e. The fraction of sp³-hybridized carbons (Fsp3) is 0.467. The summed E-state index contributed by atoms with van der Waals surface area (Å²) in [4.78, 5) is 58.5. The van der Waals surface area contributed by atoms with Crippen molar-refractivity contribution in [3.8, 4) is 0 Å². The van der Waals surface area contributed by atoms with Crippen LogP contribution in [0.1, 0.15) is 62.7 Å². The van der Waals surface area contributed by atoms with Crippen LogP contribution in [0.15, 0.2) is 60.7 Å². The van der Waals surface area contributed by atoms with Crippen molar-refractivity contribution in [3.05, 3.63) is 71.8 Å². The minimum atomic E-state index is -0.745. The molecule has 0 spiro atoms. The highest BCUT2D eigenvalue weighted by Crippen LogP contribution is 2.59. The number of hydrogen-bond acceptors (Lipinski definition) is 6. The van der Waals surface area contributed by atoms with Gasteiger partial charge in [0.05, 0.1) is 23.9 Å². The quantitative estimate of drug-likeness (QED) is 0.503. The van der Waals surface area contributed by atoms with Gasteiger partial charge in [0.15, 0.2) is 0 Å². The first-order valence-corrected chi connectivity index (χ1v) is 13.9. The Labute approximate surface area is 223 Å². The van der Waals surface area contributed by atoms with Gasteiger partial charge in [0.25, 0.3) is 0 Å². The minimum Gasteiger partial charge on any atom is -0.281 e.